The van der Waals surface area contributed by atoms with E-state index in [1.54, 1.807) is 31.6 Å². The number of methoxy groups -OCH3 is 2. The molecule has 0 unspecified atom stereocenters. The van der Waals surface area contributed by atoms with E-state index in [0.29, 0.717) is 29.5 Å². The molecule has 2 aromatic rings. The molecule has 2 heterocycles. The second kappa shape index (κ2) is 10.1. The van der Waals surface area contributed by atoms with E-state index >= 15 is 0 Å². The van der Waals surface area contributed by atoms with Crippen molar-refractivity contribution in [2.75, 3.05) is 32.6 Å². The van der Waals surface area contributed by atoms with Crippen LogP contribution in [0.1, 0.15) is 30.6 Å². The van der Waals surface area contributed by atoms with Gasteiger partial charge in [-0.15, -0.1) is 11.3 Å². The molecule has 1 aliphatic heterocycles. The molecule has 0 radical (unpaired) electrons. The summed E-state index contributed by atoms with van der Waals surface area (Å²) in [7, 11) is 3.19. The molecule has 5 nitrogen and oxygen atoms in total. The quantitative estimate of drug-likeness (QED) is 0.646. The molecule has 1 aliphatic rings. The molecule has 1 fully saturated rings. The Hall–Kier alpha value is -1.76. The number of halogens is 1. The van der Waals surface area contributed by atoms with Crippen molar-refractivity contribution in [2.45, 2.75) is 32.2 Å². The van der Waals surface area contributed by atoms with Gasteiger partial charge in [0.05, 0.1) is 24.2 Å². The number of benzene rings is 1. The lowest BCUT2D eigenvalue weighted by atomic mass is 9.92. The van der Waals surface area contributed by atoms with Gasteiger partial charge in [0.25, 0.3) is 0 Å². The van der Waals surface area contributed by atoms with Crippen LogP contribution in [-0.2, 0) is 11.3 Å². The molecule has 0 atom stereocenters. The summed E-state index contributed by atoms with van der Waals surface area (Å²) in [5, 5.41) is 2.96. The highest BCUT2D eigenvalue weighted by Crippen LogP contribution is 2.30. The second-order valence-corrected chi connectivity index (χ2v) is 8.88. The molecular formula is C21H27ClN2O3S. The Morgan fingerprint density at radius 1 is 1.21 bits per heavy atom. The lowest BCUT2D eigenvalue weighted by Crippen LogP contribution is -2.33. The third kappa shape index (κ3) is 5.87. The van der Waals surface area contributed by atoms with Crippen LogP contribution in [-0.4, -0.2) is 38.1 Å². The Kier molecular flexibility index (Phi) is 7.59. The highest BCUT2D eigenvalue weighted by molar-refractivity contribution is 7.16. The highest BCUT2D eigenvalue weighted by atomic mass is 35.5. The van der Waals surface area contributed by atoms with Crippen LogP contribution < -0.4 is 14.8 Å². The summed E-state index contributed by atoms with van der Waals surface area (Å²) in [6.07, 6.45) is 3.72. The molecule has 1 N–H and O–H groups in total. The molecule has 1 aromatic carbocycles. The third-order valence-corrected chi connectivity index (χ3v) is 6.39. The summed E-state index contributed by atoms with van der Waals surface area (Å²) in [5.74, 6) is 1.94. The zero-order valence-electron chi connectivity index (χ0n) is 16.4. The largest absolute Gasteiger partial charge is 0.497 e. The predicted molar refractivity (Wildman–Crippen MR) is 115 cm³/mol. The van der Waals surface area contributed by atoms with Crippen LogP contribution in [0.4, 0.5) is 5.69 Å². The molecule has 0 spiro atoms. The van der Waals surface area contributed by atoms with Gasteiger partial charge in [-0.05, 0) is 62.5 Å². The lowest BCUT2D eigenvalue weighted by molar-refractivity contribution is -0.116. The highest BCUT2D eigenvalue weighted by Gasteiger charge is 2.20. The van der Waals surface area contributed by atoms with Gasteiger partial charge in [0.2, 0.25) is 5.91 Å². The number of carbonyl (C=O) groups excluding carboxylic acids is 1. The predicted octanol–water partition coefficient (Wildman–Crippen LogP) is 5.05. The van der Waals surface area contributed by atoms with Crippen molar-refractivity contribution in [1.29, 1.82) is 0 Å². The Morgan fingerprint density at radius 2 is 2.00 bits per heavy atom. The van der Waals surface area contributed by atoms with Crippen LogP contribution in [0, 0.1) is 5.92 Å². The van der Waals surface area contributed by atoms with Crippen LogP contribution in [0.2, 0.25) is 4.34 Å². The maximum atomic E-state index is 12.4. The number of rotatable bonds is 8. The average Bonchev–Trinajstić information content (AvgIpc) is 3.12. The first-order chi connectivity index (χ1) is 13.6. The van der Waals surface area contributed by atoms with Gasteiger partial charge in [-0.3, -0.25) is 9.69 Å². The van der Waals surface area contributed by atoms with E-state index in [4.69, 9.17) is 21.1 Å². The fourth-order valence-electron chi connectivity index (χ4n) is 3.54. The van der Waals surface area contributed by atoms with Gasteiger partial charge in [0.15, 0.2) is 0 Å². The van der Waals surface area contributed by atoms with Gasteiger partial charge in [-0.25, -0.2) is 0 Å². The number of hydrogen-bond acceptors (Lipinski definition) is 5. The number of nitrogens with one attached hydrogen (secondary N) is 1. The van der Waals surface area contributed by atoms with Gasteiger partial charge in [-0.1, -0.05) is 11.6 Å². The minimum atomic E-state index is 0.0270. The zero-order chi connectivity index (χ0) is 19.9. The number of anilines is 1. The summed E-state index contributed by atoms with van der Waals surface area (Å²) < 4.78 is 11.4. The van der Waals surface area contributed by atoms with E-state index in [2.05, 4.69) is 16.3 Å². The molecule has 3 rings (SSSR count). The SMILES string of the molecule is COc1ccc(NC(=O)CCC2CCN(Cc3ccc(Cl)s3)CC2)c(OC)c1. The minimum absolute atomic E-state index is 0.0270. The second-order valence-electron chi connectivity index (χ2n) is 7.08. The van der Waals surface area contributed by atoms with Crippen LogP contribution in [0.25, 0.3) is 0 Å². The van der Waals surface area contributed by atoms with Gasteiger partial charge < -0.3 is 14.8 Å². The number of thiophene rings is 1. The molecule has 7 heteroatoms. The number of amides is 1. The fraction of sp³-hybridized carbons (Fsp3) is 0.476. The molecule has 0 saturated carbocycles. The first-order valence-electron chi connectivity index (χ1n) is 9.56. The van der Waals surface area contributed by atoms with E-state index in [9.17, 15) is 4.79 Å². The van der Waals surface area contributed by atoms with Crippen molar-refractivity contribution in [3.8, 4) is 11.5 Å². The maximum Gasteiger partial charge on any atom is 0.224 e. The van der Waals surface area contributed by atoms with Crippen LogP contribution in [0.15, 0.2) is 30.3 Å². The Morgan fingerprint density at radius 3 is 2.64 bits per heavy atom. The van der Waals surface area contributed by atoms with Crippen molar-refractivity contribution in [3.05, 3.63) is 39.5 Å². The molecule has 152 valence electrons. The standard InChI is InChI=1S/C21H27ClN2O3S/c1-26-16-4-6-18(19(13-16)27-2)23-21(25)8-3-15-9-11-24(12-10-15)14-17-5-7-20(22)28-17/h4-7,13,15H,3,8-12,14H2,1-2H3,(H,23,25). The monoisotopic (exact) mass is 422 g/mol. The van der Waals surface area contributed by atoms with Crippen molar-refractivity contribution < 1.29 is 14.3 Å². The number of carbonyl (C=O) groups is 1. The van der Waals surface area contributed by atoms with Crippen molar-refractivity contribution in [3.63, 3.8) is 0 Å². The fourth-order valence-corrected chi connectivity index (χ4v) is 4.67. The van der Waals surface area contributed by atoms with Crippen LogP contribution in [0.3, 0.4) is 0 Å². The number of hydrogen-bond donors (Lipinski definition) is 1. The summed E-state index contributed by atoms with van der Waals surface area (Å²) in [5.41, 5.74) is 0.678. The molecule has 0 bridgehead atoms. The normalized spacial score (nSPS) is 15.4. The summed E-state index contributed by atoms with van der Waals surface area (Å²) >= 11 is 7.67. The zero-order valence-corrected chi connectivity index (χ0v) is 17.9. The maximum absolute atomic E-state index is 12.4. The molecular weight excluding hydrogens is 396 g/mol. The third-order valence-electron chi connectivity index (χ3n) is 5.18. The van der Waals surface area contributed by atoms with E-state index in [1.807, 2.05) is 18.2 Å². The van der Waals surface area contributed by atoms with E-state index in [-0.39, 0.29) is 5.91 Å². The van der Waals surface area contributed by atoms with Crippen molar-refractivity contribution in [2.24, 2.45) is 5.92 Å². The van der Waals surface area contributed by atoms with Gasteiger partial charge >= 0.3 is 0 Å². The first kappa shape index (κ1) is 21.0. The number of ether oxygens (including phenoxy) is 2. The summed E-state index contributed by atoms with van der Waals surface area (Å²) in [4.78, 5) is 16.2. The summed E-state index contributed by atoms with van der Waals surface area (Å²) in [6, 6.07) is 9.47. The molecule has 28 heavy (non-hydrogen) atoms. The topological polar surface area (TPSA) is 50.8 Å². The minimum Gasteiger partial charge on any atom is -0.497 e. The first-order valence-corrected chi connectivity index (χ1v) is 10.7. The lowest BCUT2D eigenvalue weighted by Gasteiger charge is -2.31. The Labute approximate surface area is 175 Å². The number of piperidine rings is 1. The van der Waals surface area contributed by atoms with Gasteiger partial charge in [-0.2, -0.15) is 0 Å². The van der Waals surface area contributed by atoms with E-state index in [0.717, 1.165) is 43.2 Å². The van der Waals surface area contributed by atoms with Gasteiger partial charge in [0, 0.05) is 23.9 Å². The number of likely N-dealkylation sites (tertiary alicyclic amines) is 1. The molecule has 1 aromatic heterocycles. The van der Waals surface area contributed by atoms with E-state index < -0.39 is 0 Å². The van der Waals surface area contributed by atoms with Crippen LogP contribution >= 0.6 is 22.9 Å². The molecule has 1 saturated heterocycles. The Bertz CT molecular complexity index is 788. The van der Waals surface area contributed by atoms with Crippen molar-refractivity contribution >= 4 is 34.5 Å². The van der Waals surface area contributed by atoms with Gasteiger partial charge in [0.1, 0.15) is 11.5 Å². The van der Waals surface area contributed by atoms with Crippen molar-refractivity contribution in [1.82, 2.24) is 4.90 Å². The van der Waals surface area contributed by atoms with Crippen LogP contribution in [0.5, 0.6) is 11.5 Å². The molecule has 0 aliphatic carbocycles. The summed E-state index contributed by atoms with van der Waals surface area (Å²) in [6.45, 7) is 3.13. The Balaban J connectivity index is 1.41. The number of nitrogens with zero attached hydrogens (tertiary/aromatic N) is 1. The average molecular weight is 423 g/mol. The van der Waals surface area contributed by atoms with E-state index in [1.165, 1.54) is 4.88 Å². The smallest absolute Gasteiger partial charge is 0.224 e. The molecule has 1 amide bonds.